The van der Waals surface area contributed by atoms with Crippen molar-refractivity contribution in [2.45, 2.75) is 47.1 Å². The van der Waals surface area contributed by atoms with E-state index in [1.807, 2.05) is 62.6 Å². The monoisotopic (exact) mass is 420 g/mol. The van der Waals surface area contributed by atoms with Gasteiger partial charge in [-0.2, -0.15) is 0 Å². The van der Waals surface area contributed by atoms with Crippen molar-refractivity contribution in [3.63, 3.8) is 0 Å². The Kier molecular flexibility index (Phi) is 5.10. The number of nitrogens with zero attached hydrogens (tertiary/aromatic N) is 4. The predicted molar refractivity (Wildman–Crippen MR) is 120 cm³/mol. The molecule has 1 aliphatic rings. The molecule has 2 heterocycles. The second-order valence-corrected chi connectivity index (χ2v) is 9.22. The zero-order valence-electron chi connectivity index (χ0n) is 17.9. The summed E-state index contributed by atoms with van der Waals surface area (Å²) in [6, 6.07) is 13.4. The van der Waals surface area contributed by atoms with Gasteiger partial charge in [0.25, 0.3) is 0 Å². The van der Waals surface area contributed by atoms with Crippen molar-refractivity contribution >= 4 is 23.1 Å². The van der Waals surface area contributed by atoms with Crippen LogP contribution in [0.2, 0.25) is 5.02 Å². The van der Waals surface area contributed by atoms with Crippen molar-refractivity contribution in [2.24, 2.45) is 10.4 Å². The van der Waals surface area contributed by atoms with E-state index < -0.39 is 11.5 Å². The number of aromatic nitrogens is 3. The Bertz CT molecular complexity index is 1150. The Labute approximate surface area is 181 Å². The van der Waals surface area contributed by atoms with E-state index >= 15 is 0 Å². The third-order valence-electron chi connectivity index (χ3n) is 5.49. The van der Waals surface area contributed by atoms with Crippen LogP contribution in [0.4, 0.5) is 0 Å². The van der Waals surface area contributed by atoms with Crippen LogP contribution in [0.25, 0.3) is 5.69 Å². The standard InChI is InChI=1S/C24H25ClN4O/c1-14-7-6-8-19-21(14)22(16-9-11-17(25)12-10-16)26-18(13-20(30)24(3,4)5)23-28-27-15(2)29(19)23/h6-12,18H,13H2,1-5H3/t18-/m0/s1. The van der Waals surface area contributed by atoms with E-state index in [9.17, 15) is 4.79 Å². The molecule has 0 saturated carbocycles. The molecule has 0 N–H and O–H groups in total. The molecule has 30 heavy (non-hydrogen) atoms. The van der Waals surface area contributed by atoms with E-state index in [1.165, 1.54) is 0 Å². The summed E-state index contributed by atoms with van der Waals surface area (Å²) in [5, 5.41) is 9.42. The van der Waals surface area contributed by atoms with Crippen molar-refractivity contribution in [3.8, 4) is 5.69 Å². The fraction of sp³-hybridized carbons (Fsp3) is 0.333. The molecule has 0 radical (unpaired) electrons. The molecule has 0 unspecified atom stereocenters. The van der Waals surface area contributed by atoms with E-state index in [-0.39, 0.29) is 12.2 Å². The van der Waals surface area contributed by atoms with Crippen LogP contribution in [-0.4, -0.2) is 26.3 Å². The molecule has 0 fully saturated rings. The fourth-order valence-electron chi connectivity index (χ4n) is 3.76. The zero-order valence-corrected chi connectivity index (χ0v) is 18.7. The van der Waals surface area contributed by atoms with E-state index in [0.717, 1.165) is 33.9 Å². The highest BCUT2D eigenvalue weighted by atomic mass is 35.5. The minimum Gasteiger partial charge on any atom is -0.299 e. The van der Waals surface area contributed by atoms with Crippen molar-refractivity contribution in [2.75, 3.05) is 0 Å². The Hall–Kier alpha value is -2.79. The van der Waals surface area contributed by atoms with Gasteiger partial charge in [-0.1, -0.05) is 56.6 Å². The van der Waals surface area contributed by atoms with Gasteiger partial charge in [-0.25, -0.2) is 0 Å². The highest BCUT2D eigenvalue weighted by molar-refractivity contribution is 6.30. The molecule has 3 aromatic rings. The summed E-state index contributed by atoms with van der Waals surface area (Å²) < 4.78 is 2.04. The lowest BCUT2D eigenvalue weighted by Crippen LogP contribution is -2.23. The van der Waals surface area contributed by atoms with Gasteiger partial charge in [0, 0.05) is 28.0 Å². The predicted octanol–water partition coefficient (Wildman–Crippen LogP) is 5.43. The minimum atomic E-state index is -0.453. The van der Waals surface area contributed by atoms with Crippen molar-refractivity contribution < 1.29 is 4.79 Å². The highest BCUT2D eigenvalue weighted by Crippen LogP contribution is 2.35. The third-order valence-corrected chi connectivity index (χ3v) is 5.75. The molecule has 5 nitrogen and oxygen atoms in total. The number of rotatable bonds is 3. The number of Topliss-reactive ketones (excluding diaryl/α,β-unsaturated/α-hetero) is 1. The van der Waals surface area contributed by atoms with Crippen LogP contribution in [0.3, 0.4) is 0 Å². The number of carbonyl (C=O) groups excluding carboxylic acids is 1. The average molecular weight is 421 g/mol. The lowest BCUT2D eigenvalue weighted by molar-refractivity contribution is -0.126. The Morgan fingerprint density at radius 3 is 2.43 bits per heavy atom. The number of benzene rings is 2. The van der Waals surface area contributed by atoms with E-state index in [1.54, 1.807) is 0 Å². The lowest BCUT2D eigenvalue weighted by Gasteiger charge is -2.19. The summed E-state index contributed by atoms with van der Waals surface area (Å²) in [6.45, 7) is 9.81. The molecule has 1 atom stereocenters. The number of ketones is 1. The smallest absolute Gasteiger partial charge is 0.162 e. The molecule has 0 spiro atoms. The first-order chi connectivity index (χ1) is 14.2. The lowest BCUT2D eigenvalue weighted by atomic mass is 9.87. The highest BCUT2D eigenvalue weighted by Gasteiger charge is 2.32. The molecule has 0 amide bonds. The molecule has 0 saturated heterocycles. The summed E-state index contributed by atoms with van der Waals surface area (Å²) >= 11 is 6.13. The summed E-state index contributed by atoms with van der Waals surface area (Å²) in [7, 11) is 0. The number of fused-ring (bicyclic) bond motifs is 3. The topological polar surface area (TPSA) is 60.1 Å². The molecule has 1 aromatic heterocycles. The number of halogens is 1. The Morgan fingerprint density at radius 1 is 1.07 bits per heavy atom. The fourth-order valence-corrected chi connectivity index (χ4v) is 3.89. The summed E-state index contributed by atoms with van der Waals surface area (Å²) in [6.07, 6.45) is 0.270. The van der Waals surface area contributed by atoms with Crippen LogP contribution in [0.15, 0.2) is 47.5 Å². The van der Waals surface area contributed by atoms with Gasteiger partial charge in [-0.15, -0.1) is 10.2 Å². The Balaban J connectivity index is 1.98. The maximum absolute atomic E-state index is 12.9. The summed E-state index contributed by atoms with van der Waals surface area (Å²) in [5.41, 5.74) is 4.45. The molecule has 4 rings (SSSR count). The first kappa shape index (κ1) is 20.5. The molecule has 0 aliphatic carbocycles. The first-order valence-corrected chi connectivity index (χ1v) is 10.4. The second kappa shape index (κ2) is 7.47. The van der Waals surface area contributed by atoms with Gasteiger partial charge < -0.3 is 0 Å². The summed E-state index contributed by atoms with van der Waals surface area (Å²) in [4.78, 5) is 18.1. The van der Waals surface area contributed by atoms with Crippen LogP contribution in [0, 0.1) is 19.3 Å². The van der Waals surface area contributed by atoms with E-state index in [2.05, 4.69) is 29.3 Å². The number of hydrogen-bond acceptors (Lipinski definition) is 4. The van der Waals surface area contributed by atoms with Gasteiger partial charge in [0.2, 0.25) is 0 Å². The minimum absolute atomic E-state index is 0.140. The van der Waals surface area contributed by atoms with Crippen molar-refractivity contribution in [1.82, 2.24) is 14.8 Å². The first-order valence-electron chi connectivity index (χ1n) is 10.1. The maximum Gasteiger partial charge on any atom is 0.162 e. The average Bonchev–Trinajstić information content (AvgIpc) is 2.99. The zero-order chi connectivity index (χ0) is 21.6. The quantitative estimate of drug-likeness (QED) is 0.567. The van der Waals surface area contributed by atoms with Crippen molar-refractivity contribution in [3.05, 3.63) is 75.8 Å². The second-order valence-electron chi connectivity index (χ2n) is 8.79. The molecular weight excluding hydrogens is 396 g/mol. The van der Waals surface area contributed by atoms with Gasteiger partial charge in [0.15, 0.2) is 5.82 Å². The van der Waals surface area contributed by atoms with Crippen molar-refractivity contribution in [1.29, 1.82) is 0 Å². The van der Waals surface area contributed by atoms with Crippen LogP contribution in [-0.2, 0) is 4.79 Å². The van der Waals surface area contributed by atoms with Crippen LogP contribution in [0.1, 0.15) is 61.6 Å². The maximum atomic E-state index is 12.9. The van der Waals surface area contributed by atoms with E-state index in [0.29, 0.717) is 10.8 Å². The van der Waals surface area contributed by atoms with Gasteiger partial charge in [-0.3, -0.25) is 14.4 Å². The SMILES string of the molecule is Cc1cccc2c1C(c1ccc(Cl)cc1)=N[C@@H](CC(=O)C(C)(C)C)c1nnc(C)n1-2. The van der Waals surface area contributed by atoms with Gasteiger partial charge in [-0.05, 0) is 37.6 Å². The molecular formula is C24H25ClN4O. The summed E-state index contributed by atoms with van der Waals surface area (Å²) in [5.74, 6) is 1.61. The van der Waals surface area contributed by atoms with Crippen LogP contribution in [0.5, 0.6) is 0 Å². The largest absolute Gasteiger partial charge is 0.299 e. The van der Waals surface area contributed by atoms with Crippen LogP contribution < -0.4 is 0 Å². The van der Waals surface area contributed by atoms with Crippen LogP contribution >= 0.6 is 11.6 Å². The molecule has 6 heteroatoms. The molecule has 1 aliphatic heterocycles. The number of aryl methyl sites for hydroxylation is 2. The van der Waals surface area contributed by atoms with Gasteiger partial charge in [0.05, 0.1) is 11.4 Å². The van der Waals surface area contributed by atoms with E-state index in [4.69, 9.17) is 16.6 Å². The number of aliphatic imine (C=N–C) groups is 1. The number of carbonyl (C=O) groups is 1. The molecule has 2 aromatic carbocycles. The Morgan fingerprint density at radius 2 is 1.77 bits per heavy atom. The number of hydrogen-bond donors (Lipinski definition) is 0. The van der Waals surface area contributed by atoms with Gasteiger partial charge in [0.1, 0.15) is 17.6 Å². The molecule has 154 valence electrons. The van der Waals surface area contributed by atoms with Gasteiger partial charge >= 0.3 is 0 Å². The third kappa shape index (κ3) is 3.58. The molecule has 0 bridgehead atoms. The normalized spacial score (nSPS) is 15.8.